The number of carbonyl (C=O) groups is 1. The average Bonchev–Trinajstić information content (AvgIpc) is 2.38. The normalized spacial score (nSPS) is 26.1. The quantitative estimate of drug-likeness (QED) is 0.721. The molecule has 0 aliphatic heterocycles. The number of hydrogen-bond donors (Lipinski definition) is 0. The van der Waals surface area contributed by atoms with Crippen molar-refractivity contribution < 1.29 is 13.2 Å². The lowest BCUT2D eigenvalue weighted by molar-refractivity contribution is -0.128. The summed E-state index contributed by atoms with van der Waals surface area (Å²) in [5.41, 5.74) is 0. The fourth-order valence-electron chi connectivity index (χ4n) is 3.12. The van der Waals surface area contributed by atoms with E-state index in [0.717, 1.165) is 44.9 Å². The van der Waals surface area contributed by atoms with Crippen LogP contribution in [0.1, 0.15) is 65.2 Å². The number of sulfone groups is 1. The summed E-state index contributed by atoms with van der Waals surface area (Å²) in [5, 5.41) is -0.293. The summed E-state index contributed by atoms with van der Waals surface area (Å²) in [6.45, 7) is 4.20. The van der Waals surface area contributed by atoms with Crippen molar-refractivity contribution in [1.29, 1.82) is 0 Å². The molecule has 0 aromatic heterocycles. The van der Waals surface area contributed by atoms with Crippen LogP contribution in [0.3, 0.4) is 0 Å². The molecule has 1 aliphatic rings. The monoisotopic (exact) mass is 288 g/mol. The first-order valence-electron chi connectivity index (χ1n) is 7.62. The van der Waals surface area contributed by atoms with E-state index in [0.29, 0.717) is 12.2 Å². The molecule has 0 aromatic carbocycles. The predicted molar refractivity (Wildman–Crippen MR) is 78.9 cm³/mol. The predicted octanol–water partition coefficient (Wildman–Crippen LogP) is 3.38. The fraction of sp³-hybridized carbons (Fsp3) is 0.933. The first-order chi connectivity index (χ1) is 8.90. The zero-order chi connectivity index (χ0) is 14.5. The van der Waals surface area contributed by atoms with Gasteiger partial charge in [0.15, 0.2) is 0 Å². The molecule has 1 fully saturated rings. The van der Waals surface area contributed by atoms with Crippen LogP contribution in [0.4, 0.5) is 0 Å². The molecule has 112 valence electrons. The van der Waals surface area contributed by atoms with E-state index in [9.17, 15) is 13.2 Å². The smallest absolute Gasteiger partial charge is 0.150 e. The SMILES string of the molecule is CCCCC(CC)C(=O)C1CCCC(S(C)(=O)=O)C1. The van der Waals surface area contributed by atoms with Crippen molar-refractivity contribution in [2.75, 3.05) is 6.26 Å². The standard InChI is InChI=1S/C15H28O3S/c1-4-6-8-12(5-2)15(16)13-9-7-10-14(11-13)19(3,17)18/h12-14H,4-11H2,1-3H3. The molecule has 0 spiro atoms. The summed E-state index contributed by atoms with van der Waals surface area (Å²) in [5.74, 6) is 0.447. The highest BCUT2D eigenvalue weighted by Gasteiger charge is 2.34. The third-order valence-electron chi connectivity index (χ3n) is 4.44. The molecule has 3 nitrogen and oxygen atoms in total. The maximum Gasteiger partial charge on any atom is 0.150 e. The number of carbonyl (C=O) groups excluding carboxylic acids is 1. The number of rotatable bonds is 7. The van der Waals surface area contributed by atoms with Crippen LogP contribution in [-0.4, -0.2) is 25.7 Å². The maximum absolute atomic E-state index is 12.5. The van der Waals surface area contributed by atoms with Gasteiger partial charge < -0.3 is 0 Å². The molecule has 3 unspecified atom stereocenters. The first kappa shape index (κ1) is 16.7. The molecule has 3 atom stereocenters. The second kappa shape index (κ2) is 7.41. The van der Waals surface area contributed by atoms with Gasteiger partial charge in [-0.05, 0) is 32.1 Å². The van der Waals surface area contributed by atoms with Gasteiger partial charge in [-0.25, -0.2) is 8.42 Å². The van der Waals surface area contributed by atoms with Gasteiger partial charge in [0.25, 0.3) is 0 Å². The Labute approximate surface area is 118 Å². The summed E-state index contributed by atoms with van der Waals surface area (Å²) in [6.07, 6.45) is 8.40. The van der Waals surface area contributed by atoms with Gasteiger partial charge >= 0.3 is 0 Å². The molecule has 0 aromatic rings. The van der Waals surface area contributed by atoms with Crippen LogP contribution in [0.15, 0.2) is 0 Å². The molecule has 1 aliphatic carbocycles. The van der Waals surface area contributed by atoms with E-state index in [1.165, 1.54) is 6.26 Å². The summed E-state index contributed by atoms with van der Waals surface area (Å²) < 4.78 is 23.3. The van der Waals surface area contributed by atoms with E-state index < -0.39 is 9.84 Å². The zero-order valence-corrected chi connectivity index (χ0v) is 13.3. The molecular formula is C15H28O3S. The number of hydrogen-bond acceptors (Lipinski definition) is 3. The van der Waals surface area contributed by atoms with Crippen LogP contribution in [0, 0.1) is 11.8 Å². The second-order valence-corrected chi connectivity index (χ2v) is 8.29. The lowest BCUT2D eigenvalue weighted by Crippen LogP contribution is -2.33. The van der Waals surface area contributed by atoms with Gasteiger partial charge in [-0.2, -0.15) is 0 Å². The van der Waals surface area contributed by atoms with Crippen molar-refractivity contribution in [2.45, 2.75) is 70.5 Å². The van der Waals surface area contributed by atoms with E-state index in [4.69, 9.17) is 0 Å². The Morgan fingerprint density at radius 1 is 1.26 bits per heavy atom. The summed E-state index contributed by atoms with van der Waals surface area (Å²) >= 11 is 0. The Kier molecular flexibility index (Phi) is 6.51. The Morgan fingerprint density at radius 2 is 1.95 bits per heavy atom. The molecule has 0 amide bonds. The van der Waals surface area contributed by atoms with E-state index in [-0.39, 0.29) is 17.1 Å². The van der Waals surface area contributed by atoms with Crippen LogP contribution in [-0.2, 0) is 14.6 Å². The third-order valence-corrected chi connectivity index (χ3v) is 6.07. The number of unbranched alkanes of at least 4 members (excludes halogenated alkanes) is 1. The molecule has 0 heterocycles. The van der Waals surface area contributed by atoms with Gasteiger partial charge in [-0.3, -0.25) is 4.79 Å². The van der Waals surface area contributed by atoms with Crippen LogP contribution >= 0.6 is 0 Å². The molecule has 0 radical (unpaired) electrons. The number of Topliss-reactive ketones (excluding diaryl/α,β-unsaturated/α-hetero) is 1. The fourth-order valence-corrected chi connectivity index (χ4v) is 4.30. The van der Waals surface area contributed by atoms with Gasteiger partial charge in [0.05, 0.1) is 5.25 Å². The van der Waals surface area contributed by atoms with Gasteiger partial charge in [0.1, 0.15) is 15.6 Å². The molecule has 1 rings (SSSR count). The summed E-state index contributed by atoms with van der Waals surface area (Å²) in [7, 11) is -2.99. The summed E-state index contributed by atoms with van der Waals surface area (Å²) in [4.78, 5) is 12.5. The molecule has 4 heteroatoms. The Morgan fingerprint density at radius 3 is 2.47 bits per heavy atom. The van der Waals surface area contributed by atoms with Crippen molar-refractivity contribution in [3.63, 3.8) is 0 Å². The van der Waals surface area contributed by atoms with Crippen molar-refractivity contribution in [3.8, 4) is 0 Å². The van der Waals surface area contributed by atoms with Crippen molar-refractivity contribution in [1.82, 2.24) is 0 Å². The molecular weight excluding hydrogens is 260 g/mol. The van der Waals surface area contributed by atoms with Gasteiger partial charge in [-0.15, -0.1) is 0 Å². The van der Waals surface area contributed by atoms with E-state index in [1.54, 1.807) is 0 Å². The molecule has 0 bridgehead atoms. The van der Waals surface area contributed by atoms with E-state index in [2.05, 4.69) is 13.8 Å². The Balaban J connectivity index is 2.65. The minimum Gasteiger partial charge on any atom is -0.299 e. The number of ketones is 1. The lowest BCUT2D eigenvalue weighted by atomic mass is 9.79. The first-order valence-corrected chi connectivity index (χ1v) is 9.58. The molecule has 0 saturated heterocycles. The highest BCUT2D eigenvalue weighted by atomic mass is 32.2. The average molecular weight is 288 g/mol. The molecule has 19 heavy (non-hydrogen) atoms. The van der Waals surface area contributed by atoms with Crippen LogP contribution in [0.25, 0.3) is 0 Å². The van der Waals surface area contributed by atoms with Gasteiger partial charge in [0.2, 0.25) is 0 Å². The van der Waals surface area contributed by atoms with Gasteiger partial charge in [-0.1, -0.05) is 33.1 Å². The highest BCUT2D eigenvalue weighted by Crippen LogP contribution is 2.32. The molecule has 0 N–H and O–H groups in total. The third kappa shape index (κ3) is 4.90. The topological polar surface area (TPSA) is 51.2 Å². The minimum absolute atomic E-state index is 0.0183. The highest BCUT2D eigenvalue weighted by molar-refractivity contribution is 7.91. The van der Waals surface area contributed by atoms with Crippen molar-refractivity contribution >= 4 is 15.6 Å². The Bertz CT molecular complexity index is 386. The minimum atomic E-state index is -2.99. The lowest BCUT2D eigenvalue weighted by Gasteiger charge is -2.29. The Hall–Kier alpha value is -0.380. The van der Waals surface area contributed by atoms with Crippen LogP contribution in [0.2, 0.25) is 0 Å². The maximum atomic E-state index is 12.5. The van der Waals surface area contributed by atoms with E-state index >= 15 is 0 Å². The second-order valence-electron chi connectivity index (χ2n) is 5.96. The summed E-state index contributed by atoms with van der Waals surface area (Å²) in [6, 6.07) is 0. The van der Waals surface area contributed by atoms with Crippen molar-refractivity contribution in [3.05, 3.63) is 0 Å². The van der Waals surface area contributed by atoms with Crippen molar-refractivity contribution in [2.24, 2.45) is 11.8 Å². The van der Waals surface area contributed by atoms with Gasteiger partial charge in [0, 0.05) is 18.1 Å². The van der Waals surface area contributed by atoms with Crippen LogP contribution in [0.5, 0.6) is 0 Å². The zero-order valence-electron chi connectivity index (χ0n) is 12.5. The van der Waals surface area contributed by atoms with Crippen LogP contribution < -0.4 is 0 Å². The molecule has 1 saturated carbocycles. The van der Waals surface area contributed by atoms with E-state index in [1.807, 2.05) is 0 Å². The largest absolute Gasteiger partial charge is 0.299 e.